The number of non-ortho nitro benzene ring substituents is 1. The van der Waals surface area contributed by atoms with Crippen LogP contribution in [-0.4, -0.2) is 55.2 Å². The van der Waals surface area contributed by atoms with Gasteiger partial charge in [-0.1, -0.05) is 25.0 Å². The van der Waals surface area contributed by atoms with Crippen LogP contribution in [0.1, 0.15) is 31.2 Å². The second kappa shape index (κ2) is 10.1. The van der Waals surface area contributed by atoms with E-state index in [9.17, 15) is 14.9 Å². The number of ether oxygens (including phenoxy) is 2. The lowest BCUT2D eigenvalue weighted by molar-refractivity contribution is -0.384. The molecule has 0 aromatic heterocycles. The van der Waals surface area contributed by atoms with Gasteiger partial charge in [-0.3, -0.25) is 19.8 Å². The summed E-state index contributed by atoms with van der Waals surface area (Å²) >= 11 is 0. The highest BCUT2D eigenvalue weighted by molar-refractivity contribution is 5.99. The molecule has 8 nitrogen and oxygen atoms in total. The molecule has 1 N–H and O–H groups in total. The van der Waals surface area contributed by atoms with Crippen molar-refractivity contribution in [3.63, 3.8) is 0 Å². The number of morpholine rings is 1. The van der Waals surface area contributed by atoms with Crippen molar-refractivity contribution in [1.82, 2.24) is 4.90 Å². The van der Waals surface area contributed by atoms with Crippen LogP contribution in [0.5, 0.6) is 5.75 Å². The first-order valence-corrected chi connectivity index (χ1v) is 11.2. The number of rotatable bonds is 8. The molecule has 2 aromatic rings. The van der Waals surface area contributed by atoms with E-state index in [4.69, 9.17) is 9.47 Å². The van der Waals surface area contributed by atoms with Crippen molar-refractivity contribution in [1.29, 1.82) is 0 Å². The van der Waals surface area contributed by atoms with Crippen molar-refractivity contribution in [2.24, 2.45) is 0 Å². The van der Waals surface area contributed by atoms with Crippen molar-refractivity contribution in [3.8, 4) is 5.75 Å². The number of benzene rings is 2. The Balaban J connectivity index is 1.36. The number of amides is 1. The number of nitro groups is 1. The SMILES string of the molecule is O=C(Nc1ccc(OCCN2CCOCC2)cc1)C1(c2ccc([N+](=O)[O-])cc2)CCCC1. The van der Waals surface area contributed by atoms with E-state index < -0.39 is 10.3 Å². The molecular formula is C24H29N3O5. The van der Waals surface area contributed by atoms with Gasteiger partial charge >= 0.3 is 0 Å². The maximum absolute atomic E-state index is 13.3. The number of carbonyl (C=O) groups excluding carboxylic acids is 1. The zero-order valence-electron chi connectivity index (χ0n) is 18.1. The van der Waals surface area contributed by atoms with E-state index in [-0.39, 0.29) is 11.6 Å². The monoisotopic (exact) mass is 439 g/mol. The third-order valence-electron chi connectivity index (χ3n) is 6.41. The number of hydrogen-bond donors (Lipinski definition) is 1. The minimum Gasteiger partial charge on any atom is -0.492 e. The van der Waals surface area contributed by atoms with Gasteiger partial charge in [-0.05, 0) is 42.7 Å². The highest BCUT2D eigenvalue weighted by Gasteiger charge is 2.42. The van der Waals surface area contributed by atoms with Crippen molar-refractivity contribution in [3.05, 3.63) is 64.2 Å². The van der Waals surface area contributed by atoms with Gasteiger partial charge in [0.1, 0.15) is 12.4 Å². The maximum atomic E-state index is 13.3. The molecule has 1 aliphatic heterocycles. The average molecular weight is 440 g/mol. The van der Waals surface area contributed by atoms with Crippen LogP contribution in [-0.2, 0) is 14.9 Å². The van der Waals surface area contributed by atoms with Gasteiger partial charge in [0, 0.05) is 37.5 Å². The Bertz CT molecular complexity index is 918. The van der Waals surface area contributed by atoms with Crippen LogP contribution >= 0.6 is 0 Å². The summed E-state index contributed by atoms with van der Waals surface area (Å²) in [7, 11) is 0. The van der Waals surface area contributed by atoms with Crippen LogP contribution < -0.4 is 10.1 Å². The van der Waals surface area contributed by atoms with E-state index in [0.717, 1.165) is 69.8 Å². The number of nitrogens with zero attached hydrogens (tertiary/aromatic N) is 2. The van der Waals surface area contributed by atoms with E-state index in [2.05, 4.69) is 10.2 Å². The van der Waals surface area contributed by atoms with Gasteiger partial charge in [0.15, 0.2) is 0 Å². The fraction of sp³-hybridized carbons (Fsp3) is 0.458. The number of hydrogen-bond acceptors (Lipinski definition) is 6. The summed E-state index contributed by atoms with van der Waals surface area (Å²) in [6.07, 6.45) is 3.39. The van der Waals surface area contributed by atoms with Crippen LogP contribution in [0.2, 0.25) is 0 Å². The Morgan fingerprint density at radius 2 is 1.72 bits per heavy atom. The largest absolute Gasteiger partial charge is 0.492 e. The number of anilines is 1. The standard InChI is InChI=1S/C24H29N3O5/c28-23(24(11-1-2-12-24)19-3-7-21(8-4-19)27(29)30)25-20-5-9-22(10-6-20)32-18-15-26-13-16-31-17-14-26/h3-10H,1-2,11-18H2,(H,25,28). The molecule has 1 saturated carbocycles. The van der Waals surface area contributed by atoms with Gasteiger partial charge in [-0.15, -0.1) is 0 Å². The lowest BCUT2D eigenvalue weighted by Gasteiger charge is -2.28. The third-order valence-corrected chi connectivity index (χ3v) is 6.41. The minimum atomic E-state index is -0.650. The Morgan fingerprint density at radius 3 is 2.34 bits per heavy atom. The van der Waals surface area contributed by atoms with Gasteiger partial charge in [0.25, 0.3) is 5.69 Å². The second-order valence-electron chi connectivity index (χ2n) is 8.37. The quantitative estimate of drug-likeness (QED) is 0.497. The predicted molar refractivity (Wildman–Crippen MR) is 121 cm³/mol. The van der Waals surface area contributed by atoms with Crippen LogP contribution in [0.4, 0.5) is 11.4 Å². The van der Waals surface area contributed by atoms with E-state index in [0.29, 0.717) is 12.3 Å². The first-order valence-electron chi connectivity index (χ1n) is 11.2. The molecule has 8 heteroatoms. The number of nitrogens with one attached hydrogen (secondary N) is 1. The third kappa shape index (κ3) is 5.08. The molecule has 1 heterocycles. The summed E-state index contributed by atoms with van der Waals surface area (Å²) in [5.41, 5.74) is 0.930. The van der Waals surface area contributed by atoms with Crippen LogP contribution in [0.3, 0.4) is 0 Å². The molecule has 0 unspecified atom stereocenters. The van der Waals surface area contributed by atoms with Gasteiger partial charge in [0.05, 0.1) is 23.6 Å². The van der Waals surface area contributed by atoms with Crippen LogP contribution in [0.15, 0.2) is 48.5 Å². The van der Waals surface area contributed by atoms with Crippen molar-refractivity contribution >= 4 is 17.3 Å². The molecule has 2 fully saturated rings. The molecule has 2 aromatic carbocycles. The minimum absolute atomic E-state index is 0.0338. The number of carbonyl (C=O) groups is 1. The average Bonchev–Trinajstić information content (AvgIpc) is 3.32. The molecule has 2 aliphatic rings. The zero-order chi connectivity index (χ0) is 22.4. The second-order valence-corrected chi connectivity index (χ2v) is 8.37. The van der Waals surface area contributed by atoms with E-state index in [1.54, 1.807) is 12.1 Å². The molecule has 1 saturated heterocycles. The molecule has 0 atom stereocenters. The topological polar surface area (TPSA) is 93.9 Å². The fourth-order valence-corrected chi connectivity index (χ4v) is 4.53. The molecular weight excluding hydrogens is 410 g/mol. The molecule has 0 radical (unpaired) electrons. The molecule has 32 heavy (non-hydrogen) atoms. The summed E-state index contributed by atoms with van der Waals surface area (Å²) in [4.78, 5) is 26.2. The summed E-state index contributed by atoms with van der Waals surface area (Å²) in [6, 6.07) is 13.8. The summed E-state index contributed by atoms with van der Waals surface area (Å²) in [5, 5.41) is 14.0. The lowest BCUT2D eigenvalue weighted by Crippen LogP contribution is -2.38. The fourth-order valence-electron chi connectivity index (χ4n) is 4.53. The maximum Gasteiger partial charge on any atom is 0.269 e. The first kappa shape index (κ1) is 22.2. The van der Waals surface area contributed by atoms with E-state index in [1.807, 2.05) is 24.3 Å². The van der Waals surface area contributed by atoms with Gasteiger partial charge in [-0.25, -0.2) is 0 Å². The highest BCUT2D eigenvalue weighted by atomic mass is 16.6. The summed E-state index contributed by atoms with van der Waals surface area (Å²) in [6.45, 7) is 4.88. The van der Waals surface area contributed by atoms with Gasteiger partial charge < -0.3 is 14.8 Å². The van der Waals surface area contributed by atoms with Crippen molar-refractivity contribution in [2.45, 2.75) is 31.1 Å². The molecule has 1 aliphatic carbocycles. The highest BCUT2D eigenvalue weighted by Crippen LogP contribution is 2.42. The molecule has 170 valence electrons. The van der Waals surface area contributed by atoms with Gasteiger partial charge in [0.2, 0.25) is 5.91 Å². The van der Waals surface area contributed by atoms with E-state index >= 15 is 0 Å². The molecule has 4 rings (SSSR count). The van der Waals surface area contributed by atoms with Crippen LogP contribution in [0.25, 0.3) is 0 Å². The Labute approximate surface area is 187 Å². The summed E-state index contributed by atoms with van der Waals surface area (Å²) < 4.78 is 11.2. The van der Waals surface area contributed by atoms with Crippen LogP contribution in [0, 0.1) is 10.1 Å². The normalized spacial score (nSPS) is 18.2. The smallest absolute Gasteiger partial charge is 0.269 e. The number of nitro benzene ring substituents is 1. The predicted octanol–water partition coefficient (Wildman–Crippen LogP) is 3.76. The Hall–Kier alpha value is -2.97. The van der Waals surface area contributed by atoms with Gasteiger partial charge in [-0.2, -0.15) is 0 Å². The zero-order valence-corrected chi connectivity index (χ0v) is 18.1. The molecule has 1 amide bonds. The molecule has 0 bridgehead atoms. The van der Waals surface area contributed by atoms with Crippen molar-refractivity contribution in [2.75, 3.05) is 44.8 Å². The van der Waals surface area contributed by atoms with Crippen molar-refractivity contribution < 1.29 is 19.2 Å². The molecule has 0 spiro atoms. The first-order chi connectivity index (χ1) is 15.6. The summed E-state index contributed by atoms with van der Waals surface area (Å²) in [5.74, 6) is 0.701. The Kier molecular flexibility index (Phi) is 7.02. The lowest BCUT2D eigenvalue weighted by atomic mass is 9.78. The van der Waals surface area contributed by atoms with E-state index in [1.165, 1.54) is 12.1 Å². The Morgan fingerprint density at radius 1 is 1.06 bits per heavy atom.